The summed E-state index contributed by atoms with van der Waals surface area (Å²) in [5.41, 5.74) is 4.75. The Morgan fingerprint density at radius 2 is 1.29 bits per heavy atom. The van der Waals surface area contributed by atoms with E-state index in [0.717, 1.165) is 0 Å². The van der Waals surface area contributed by atoms with E-state index >= 15 is 0 Å². The fourth-order valence-corrected chi connectivity index (χ4v) is 2.48. The monoisotopic (exact) mass is 306 g/mol. The molecule has 0 rings (SSSR count). The maximum atomic E-state index is 2.50. The van der Waals surface area contributed by atoms with Crippen LogP contribution in [0.1, 0.15) is 60.3 Å². The Kier molecular flexibility index (Phi) is 7.61. The minimum atomic E-state index is 1.17. The van der Waals surface area contributed by atoms with Crippen molar-refractivity contribution < 1.29 is 0 Å². The zero-order valence-electron chi connectivity index (χ0n) is 10.2. The molecule has 0 radical (unpaired) electrons. The van der Waals surface area contributed by atoms with Crippen LogP contribution in [0, 0.1) is 0 Å². The zero-order chi connectivity index (χ0) is 11.1. The van der Waals surface area contributed by atoms with Crippen LogP contribution in [0.4, 0.5) is 0 Å². The summed E-state index contributed by atoms with van der Waals surface area (Å²) in [6, 6.07) is 0. The van der Waals surface area contributed by atoms with Gasteiger partial charge in [-0.05, 0) is 69.9 Å². The molecule has 0 bridgehead atoms. The van der Waals surface area contributed by atoms with Crippen molar-refractivity contribution in [3.05, 3.63) is 20.3 Å². The highest BCUT2D eigenvalue weighted by atomic mass is 127. The van der Waals surface area contributed by atoms with E-state index in [4.69, 9.17) is 0 Å². The van der Waals surface area contributed by atoms with Crippen LogP contribution in [0.15, 0.2) is 20.3 Å². The molecule has 0 N–H and O–H groups in total. The first-order chi connectivity index (χ1) is 6.62. The van der Waals surface area contributed by atoms with Crippen molar-refractivity contribution in [2.45, 2.75) is 60.3 Å². The number of hydrogen-bond donors (Lipinski definition) is 0. The van der Waals surface area contributed by atoms with Crippen molar-refractivity contribution >= 4 is 22.6 Å². The SMILES string of the molecule is CC/C(I)=C(CC)/C(CC)=C(\C)CC. The van der Waals surface area contributed by atoms with Crippen molar-refractivity contribution in [3.63, 3.8) is 0 Å². The number of halogens is 1. The van der Waals surface area contributed by atoms with Crippen LogP contribution in [0.3, 0.4) is 0 Å². The molecule has 0 nitrogen and oxygen atoms in total. The van der Waals surface area contributed by atoms with Gasteiger partial charge in [-0.1, -0.05) is 33.3 Å². The molecule has 1 heteroatoms. The summed E-state index contributed by atoms with van der Waals surface area (Å²) >= 11 is 2.50. The minimum absolute atomic E-state index is 1.17. The molecule has 14 heavy (non-hydrogen) atoms. The van der Waals surface area contributed by atoms with E-state index in [1.165, 1.54) is 29.3 Å². The quantitative estimate of drug-likeness (QED) is 0.456. The van der Waals surface area contributed by atoms with Crippen molar-refractivity contribution in [2.75, 3.05) is 0 Å². The summed E-state index contributed by atoms with van der Waals surface area (Å²) in [7, 11) is 0. The van der Waals surface area contributed by atoms with Crippen LogP contribution in [-0.4, -0.2) is 0 Å². The minimum Gasteiger partial charge on any atom is -0.0701 e. The lowest BCUT2D eigenvalue weighted by atomic mass is 9.94. The van der Waals surface area contributed by atoms with Gasteiger partial charge in [-0.2, -0.15) is 0 Å². The Morgan fingerprint density at radius 3 is 1.57 bits per heavy atom. The van der Waals surface area contributed by atoms with Crippen LogP contribution in [0.2, 0.25) is 0 Å². The van der Waals surface area contributed by atoms with Crippen molar-refractivity contribution in [1.82, 2.24) is 0 Å². The number of rotatable bonds is 5. The number of hydrogen-bond acceptors (Lipinski definition) is 0. The Balaban J connectivity index is 5.19. The first kappa shape index (κ1) is 14.2. The highest BCUT2D eigenvalue weighted by Crippen LogP contribution is 2.30. The maximum Gasteiger partial charge on any atom is -0.00622 e. The Labute approximate surface area is 103 Å². The fourth-order valence-electron chi connectivity index (χ4n) is 1.77. The molecule has 0 atom stereocenters. The van der Waals surface area contributed by atoms with Crippen LogP contribution >= 0.6 is 22.6 Å². The van der Waals surface area contributed by atoms with E-state index in [0.29, 0.717) is 0 Å². The molecule has 82 valence electrons. The summed E-state index contributed by atoms with van der Waals surface area (Å²) in [5, 5.41) is 0. The van der Waals surface area contributed by atoms with E-state index in [9.17, 15) is 0 Å². The van der Waals surface area contributed by atoms with Gasteiger partial charge < -0.3 is 0 Å². The first-order valence-corrected chi connectivity index (χ1v) is 6.76. The average Bonchev–Trinajstić information content (AvgIpc) is 2.23. The largest absolute Gasteiger partial charge is 0.0701 e. The van der Waals surface area contributed by atoms with Crippen LogP contribution in [-0.2, 0) is 0 Å². The predicted molar refractivity (Wildman–Crippen MR) is 74.9 cm³/mol. The molecule has 0 amide bonds. The van der Waals surface area contributed by atoms with Gasteiger partial charge in [0.1, 0.15) is 0 Å². The van der Waals surface area contributed by atoms with Gasteiger partial charge in [0.05, 0.1) is 0 Å². The predicted octanol–water partition coefficient (Wildman–Crippen LogP) is 5.63. The molecule has 0 aromatic heterocycles. The molecule has 0 saturated heterocycles. The summed E-state index contributed by atoms with van der Waals surface area (Å²) < 4.78 is 1.54. The van der Waals surface area contributed by atoms with E-state index in [2.05, 4.69) is 57.2 Å². The summed E-state index contributed by atoms with van der Waals surface area (Å²) in [5.74, 6) is 0. The topological polar surface area (TPSA) is 0 Å². The third-order valence-corrected chi connectivity index (χ3v) is 4.17. The summed E-state index contributed by atoms with van der Waals surface area (Å²) in [4.78, 5) is 0. The highest BCUT2D eigenvalue weighted by molar-refractivity contribution is 14.1. The second-order valence-corrected chi connectivity index (χ2v) is 4.86. The van der Waals surface area contributed by atoms with Crippen LogP contribution in [0.25, 0.3) is 0 Å². The standard InChI is InChI=1S/C13H23I/c1-6-10(5)11(7-2)12(8-3)13(14)9-4/h6-9H2,1-5H3/b11-10+,13-12-. The maximum absolute atomic E-state index is 2.50. The van der Waals surface area contributed by atoms with Gasteiger partial charge in [-0.15, -0.1) is 0 Å². The molecule has 0 heterocycles. The van der Waals surface area contributed by atoms with Crippen molar-refractivity contribution in [3.8, 4) is 0 Å². The Morgan fingerprint density at radius 1 is 0.786 bits per heavy atom. The third-order valence-electron chi connectivity index (χ3n) is 2.75. The average molecular weight is 306 g/mol. The van der Waals surface area contributed by atoms with Crippen molar-refractivity contribution in [1.29, 1.82) is 0 Å². The second kappa shape index (κ2) is 7.49. The Bertz CT molecular complexity index is 208. The molecule has 0 saturated carbocycles. The Hall–Kier alpha value is 0.210. The molecule has 0 fully saturated rings. The molecule has 0 aliphatic rings. The van der Waals surface area contributed by atoms with E-state index in [1.807, 2.05) is 0 Å². The smallest absolute Gasteiger partial charge is 0.00622 e. The van der Waals surface area contributed by atoms with Crippen LogP contribution in [0.5, 0.6) is 0 Å². The molecule has 0 aliphatic carbocycles. The van der Waals surface area contributed by atoms with E-state index in [1.54, 1.807) is 16.7 Å². The third kappa shape index (κ3) is 3.76. The van der Waals surface area contributed by atoms with E-state index in [-0.39, 0.29) is 0 Å². The lowest BCUT2D eigenvalue weighted by molar-refractivity contribution is 0.944. The van der Waals surface area contributed by atoms with Gasteiger partial charge in [0.15, 0.2) is 0 Å². The van der Waals surface area contributed by atoms with Gasteiger partial charge in [0.2, 0.25) is 0 Å². The zero-order valence-corrected chi connectivity index (χ0v) is 12.4. The second-order valence-electron chi connectivity index (χ2n) is 3.56. The van der Waals surface area contributed by atoms with Gasteiger partial charge in [-0.25, -0.2) is 0 Å². The molecular formula is C13H23I. The van der Waals surface area contributed by atoms with Crippen molar-refractivity contribution in [2.24, 2.45) is 0 Å². The van der Waals surface area contributed by atoms with Gasteiger partial charge >= 0.3 is 0 Å². The van der Waals surface area contributed by atoms with Gasteiger partial charge in [0, 0.05) is 0 Å². The normalized spacial score (nSPS) is 15.0. The van der Waals surface area contributed by atoms with E-state index < -0.39 is 0 Å². The van der Waals surface area contributed by atoms with Crippen LogP contribution < -0.4 is 0 Å². The molecular weight excluding hydrogens is 283 g/mol. The fraction of sp³-hybridized carbons (Fsp3) is 0.692. The summed E-state index contributed by atoms with van der Waals surface area (Å²) in [6.07, 6.45) is 4.70. The highest BCUT2D eigenvalue weighted by Gasteiger charge is 2.07. The van der Waals surface area contributed by atoms with Gasteiger partial charge in [0.25, 0.3) is 0 Å². The summed E-state index contributed by atoms with van der Waals surface area (Å²) in [6.45, 7) is 11.3. The molecule has 0 aromatic rings. The lowest BCUT2D eigenvalue weighted by Crippen LogP contribution is -1.94. The molecule has 0 spiro atoms. The number of allylic oxidation sites excluding steroid dienone is 4. The molecule has 0 unspecified atom stereocenters. The van der Waals surface area contributed by atoms with Gasteiger partial charge in [-0.3, -0.25) is 0 Å². The molecule has 0 aliphatic heterocycles. The first-order valence-electron chi connectivity index (χ1n) is 5.68. The lowest BCUT2D eigenvalue weighted by Gasteiger charge is -2.14. The molecule has 0 aromatic carbocycles.